The van der Waals surface area contributed by atoms with Gasteiger partial charge in [0.2, 0.25) is 0 Å². The fourth-order valence-corrected chi connectivity index (χ4v) is 7.56. The summed E-state index contributed by atoms with van der Waals surface area (Å²) in [5, 5.41) is 0. The van der Waals surface area contributed by atoms with Crippen LogP contribution in [-0.4, -0.2) is 98.8 Å². The number of ether oxygens (including phenoxy) is 2. The normalized spacial score (nSPS) is 38.3. The van der Waals surface area contributed by atoms with Crippen LogP contribution in [0.25, 0.3) is 22.3 Å². The molecular weight excluding hydrogens is 658 g/mol. The number of phosphoric ester groups is 1. The Morgan fingerprint density at radius 2 is 1.50 bits per heavy atom. The van der Waals surface area contributed by atoms with Crippen LogP contribution >= 0.6 is 14.5 Å². The van der Waals surface area contributed by atoms with Crippen LogP contribution < -0.4 is 11.3 Å². The van der Waals surface area contributed by atoms with E-state index in [1.807, 2.05) is 0 Å². The lowest BCUT2D eigenvalue weighted by Gasteiger charge is -2.28. The Kier molecular flexibility index (Phi) is 7.37. The highest BCUT2D eigenvalue weighted by molar-refractivity contribution is 8.07. The van der Waals surface area contributed by atoms with Crippen LogP contribution in [0.15, 0.2) is 30.1 Å². The Morgan fingerprint density at radius 1 is 0.909 bits per heavy atom. The van der Waals surface area contributed by atoms with Gasteiger partial charge < -0.3 is 34.5 Å². The summed E-state index contributed by atoms with van der Waals surface area (Å²) in [6, 6.07) is 0. The summed E-state index contributed by atoms with van der Waals surface area (Å²) < 4.78 is 79.6. The number of halogens is 2. The minimum absolute atomic E-state index is 0.0203. The van der Waals surface area contributed by atoms with Gasteiger partial charge in [0, 0.05) is 0 Å². The largest absolute Gasteiger partial charge is 0.472 e. The lowest BCUT2D eigenvalue weighted by Crippen LogP contribution is -2.37. The molecule has 0 radical (unpaired) electrons. The number of imidazole rings is 2. The van der Waals surface area contributed by atoms with Gasteiger partial charge in [-0.3, -0.25) is 27.5 Å². The van der Waals surface area contributed by atoms with E-state index in [0.29, 0.717) is 0 Å². The summed E-state index contributed by atoms with van der Waals surface area (Å²) in [4.78, 5) is 55.6. The van der Waals surface area contributed by atoms with Crippen LogP contribution in [0.2, 0.25) is 0 Å². The van der Waals surface area contributed by atoms with Gasteiger partial charge in [0.25, 0.3) is 5.56 Å². The number of alkyl halides is 2. The molecule has 44 heavy (non-hydrogen) atoms. The van der Waals surface area contributed by atoms with Gasteiger partial charge in [-0.05, 0) is 11.8 Å². The molecule has 7 heterocycles. The maximum atomic E-state index is 15.9. The fraction of sp³-hybridized carbons (Fsp3) is 0.500. The predicted molar refractivity (Wildman–Crippen MR) is 143 cm³/mol. The number of nitrogens with two attached hydrogens (primary N) is 1. The van der Waals surface area contributed by atoms with Gasteiger partial charge in [0.1, 0.15) is 36.3 Å². The van der Waals surface area contributed by atoms with Crippen molar-refractivity contribution in [3.63, 3.8) is 0 Å². The van der Waals surface area contributed by atoms with Crippen molar-refractivity contribution in [3.8, 4) is 0 Å². The van der Waals surface area contributed by atoms with Crippen molar-refractivity contribution in [1.29, 1.82) is 0 Å². The number of rotatable bonds is 2. The lowest BCUT2D eigenvalue weighted by atomic mass is 10.1. The van der Waals surface area contributed by atoms with Gasteiger partial charge in [-0.25, -0.2) is 38.3 Å². The van der Waals surface area contributed by atoms with Crippen molar-refractivity contribution in [2.24, 2.45) is 0 Å². The molecule has 4 aromatic heterocycles. The Morgan fingerprint density at radius 3 is 2.18 bits per heavy atom. The number of H-pyrrole nitrogens is 1. The molecule has 0 aromatic carbocycles. The smallest absolute Gasteiger partial charge is 0.382 e. The van der Waals surface area contributed by atoms with E-state index in [1.54, 1.807) is 0 Å². The first-order valence-corrected chi connectivity index (χ1v) is 16.7. The van der Waals surface area contributed by atoms with Crippen molar-refractivity contribution >= 4 is 54.5 Å². The summed E-state index contributed by atoms with van der Waals surface area (Å²) in [7, 11) is -5.09. The van der Waals surface area contributed by atoms with E-state index in [-0.39, 0.29) is 28.1 Å². The summed E-state index contributed by atoms with van der Waals surface area (Å²) in [5.74, 6) is 0.0203. The van der Waals surface area contributed by atoms with E-state index in [9.17, 15) is 19.1 Å². The Bertz CT molecular complexity index is 1900. The highest BCUT2D eigenvalue weighted by Crippen LogP contribution is 2.54. The number of nitrogens with one attached hydrogen (secondary N) is 1. The van der Waals surface area contributed by atoms with E-state index >= 15 is 8.78 Å². The molecule has 4 aromatic rings. The second-order valence-corrected chi connectivity index (χ2v) is 14.0. The van der Waals surface area contributed by atoms with Crippen LogP contribution in [0.4, 0.5) is 14.6 Å². The zero-order valence-corrected chi connectivity index (χ0v) is 24.4. The number of hydrogen-bond acceptors (Lipinski definition) is 15. The van der Waals surface area contributed by atoms with E-state index in [0.717, 1.165) is 23.5 Å². The van der Waals surface area contributed by atoms with E-state index in [4.69, 9.17) is 45.1 Å². The second kappa shape index (κ2) is 10.9. The third kappa shape index (κ3) is 5.14. The van der Waals surface area contributed by atoms with Crippen molar-refractivity contribution in [1.82, 2.24) is 39.0 Å². The summed E-state index contributed by atoms with van der Waals surface area (Å²) in [5.41, 5.74) is 5.31. The third-order valence-corrected chi connectivity index (χ3v) is 9.69. The van der Waals surface area contributed by atoms with Crippen LogP contribution in [0.1, 0.15) is 12.5 Å². The van der Waals surface area contributed by atoms with Crippen LogP contribution in [0.3, 0.4) is 0 Å². The average molecular weight is 679 g/mol. The molecule has 0 aliphatic carbocycles. The average Bonchev–Trinajstić information content (AvgIpc) is 3.73. The molecular formula is C20H21F2N9O10P2S. The van der Waals surface area contributed by atoms with Crippen molar-refractivity contribution in [3.05, 3.63) is 35.7 Å². The standard InChI is InChI=1S/C20H21F2N9O10P2S/c21-9-13-8(39-19(9)30-5-28-11-15(23)24-3-25-16(11)30)2-37-43(35,44)41-14-7(1-36-42(33,34)40-13)38-20(10(14)22)31-6-29-12-17(31)26-4-27-18(12)32/h3-10,13-14,19-20H,1-2H2,(H,33,34)(H,35,44)(H2,23,24,25)(H,26,27,32)/t7-,8-,9-,10-,13-,14-,19-,20-,43?/m1/s1. The second-order valence-electron chi connectivity index (χ2n) is 9.83. The number of nitrogen functional groups attached to an aromatic ring is 1. The topological polar surface area (TPSA) is 246 Å². The highest BCUT2D eigenvalue weighted by Gasteiger charge is 2.54. The Labute approximate surface area is 248 Å². The number of aromatic nitrogens is 8. The molecule has 3 fully saturated rings. The monoisotopic (exact) mass is 679 g/mol. The number of aromatic amines is 1. The first kappa shape index (κ1) is 29.8. The number of phosphoric acid groups is 1. The Hall–Kier alpha value is -2.88. The molecule has 19 nitrogen and oxygen atoms in total. The highest BCUT2D eigenvalue weighted by atomic mass is 32.5. The molecule has 2 unspecified atom stereocenters. The quantitative estimate of drug-likeness (QED) is 0.206. The first-order chi connectivity index (χ1) is 20.9. The number of hydrogen-bond donors (Lipinski definition) is 4. The van der Waals surface area contributed by atoms with Crippen molar-refractivity contribution in [2.45, 2.75) is 49.2 Å². The van der Waals surface area contributed by atoms with Gasteiger partial charge in [-0.2, -0.15) is 0 Å². The van der Waals surface area contributed by atoms with Crippen molar-refractivity contribution in [2.75, 3.05) is 18.9 Å². The van der Waals surface area contributed by atoms with Gasteiger partial charge in [0.15, 0.2) is 47.4 Å². The van der Waals surface area contributed by atoms with Crippen LogP contribution in [0.5, 0.6) is 0 Å². The van der Waals surface area contributed by atoms with E-state index in [1.165, 1.54) is 10.9 Å². The third-order valence-electron chi connectivity index (χ3n) is 7.15. The molecule has 0 bridgehead atoms. The minimum Gasteiger partial charge on any atom is -0.382 e. The molecule has 0 spiro atoms. The molecule has 3 saturated heterocycles. The molecule has 10 atom stereocenters. The minimum atomic E-state index is -5.09. The maximum absolute atomic E-state index is 15.9. The molecule has 3 aliphatic heterocycles. The molecule has 0 saturated carbocycles. The number of nitrogens with zero attached hydrogens (tertiary/aromatic N) is 7. The van der Waals surface area contributed by atoms with Gasteiger partial charge >= 0.3 is 14.5 Å². The molecule has 5 N–H and O–H groups in total. The Balaban J connectivity index is 1.17. The predicted octanol–water partition coefficient (Wildman–Crippen LogP) is 0.147. The zero-order chi connectivity index (χ0) is 31.0. The molecule has 7 rings (SSSR count). The number of fused-ring (bicyclic) bond motifs is 4. The van der Waals surface area contributed by atoms with E-state index in [2.05, 4.69) is 29.9 Å². The van der Waals surface area contributed by atoms with Crippen molar-refractivity contribution < 1.29 is 50.7 Å². The molecule has 3 aliphatic rings. The molecule has 24 heteroatoms. The maximum Gasteiger partial charge on any atom is 0.472 e. The fourth-order valence-electron chi connectivity index (χ4n) is 5.17. The molecule has 236 valence electrons. The summed E-state index contributed by atoms with van der Waals surface area (Å²) in [6.45, 7) is -5.87. The van der Waals surface area contributed by atoms with Gasteiger partial charge in [-0.1, -0.05) is 0 Å². The summed E-state index contributed by atoms with van der Waals surface area (Å²) in [6.07, 6.45) is -9.27. The first-order valence-electron chi connectivity index (χ1n) is 12.7. The number of anilines is 1. The van der Waals surface area contributed by atoms with E-state index < -0.39 is 82.5 Å². The zero-order valence-electron chi connectivity index (χ0n) is 21.8. The lowest BCUT2D eigenvalue weighted by molar-refractivity contribution is -0.0623. The van der Waals surface area contributed by atoms with Crippen LogP contribution in [-0.2, 0) is 43.9 Å². The SMILES string of the molecule is Nc1ncnc2c1ncn2[C@@H]1O[C@@H]2COP(O)(=S)O[C@H]3[C@@H](F)[C@H](n4cnc5c(=O)[nH]cnc54)O[C@@H]3COP(=O)(O)O[C@H]2[C@H]1F. The van der Waals surface area contributed by atoms with Gasteiger partial charge in [0.05, 0.1) is 32.2 Å². The van der Waals surface area contributed by atoms with Gasteiger partial charge in [-0.15, -0.1) is 0 Å². The molecule has 0 amide bonds. The summed E-state index contributed by atoms with van der Waals surface area (Å²) >= 11 is 5.10. The van der Waals surface area contributed by atoms with Crippen LogP contribution in [0, 0.1) is 0 Å².